The van der Waals surface area contributed by atoms with Gasteiger partial charge in [0.25, 0.3) is 11.8 Å². The van der Waals surface area contributed by atoms with Crippen molar-refractivity contribution in [3.05, 3.63) is 53.3 Å². The van der Waals surface area contributed by atoms with E-state index in [0.29, 0.717) is 25.3 Å². The zero-order chi connectivity index (χ0) is 21.3. The zero-order valence-electron chi connectivity index (χ0n) is 17.4. The number of nitrogens with zero attached hydrogens (tertiary/aromatic N) is 4. The quantitative estimate of drug-likeness (QED) is 0.832. The first kappa shape index (κ1) is 20.1. The smallest absolute Gasteiger partial charge is 0.274 e. The highest BCUT2D eigenvalue weighted by atomic mass is 16.2. The van der Waals surface area contributed by atoms with Crippen LogP contribution in [-0.4, -0.2) is 63.0 Å². The minimum Gasteiger partial charge on any atom is -0.350 e. The van der Waals surface area contributed by atoms with Crippen LogP contribution < -0.4 is 5.32 Å². The largest absolute Gasteiger partial charge is 0.350 e. The average molecular weight is 409 g/mol. The van der Waals surface area contributed by atoms with Crippen LogP contribution in [0.25, 0.3) is 0 Å². The Hall–Kier alpha value is -3.16. The Morgan fingerprint density at radius 2 is 1.83 bits per heavy atom. The van der Waals surface area contributed by atoms with Gasteiger partial charge in [0.1, 0.15) is 11.2 Å². The molecule has 0 saturated carbocycles. The fourth-order valence-electron chi connectivity index (χ4n) is 4.06. The second-order valence-corrected chi connectivity index (χ2v) is 8.23. The molecule has 0 spiro atoms. The molecule has 2 aliphatic rings. The number of fused-ring (bicyclic) bond motifs is 1. The fourth-order valence-corrected chi connectivity index (χ4v) is 4.06. The molecule has 0 radical (unpaired) electrons. The number of piperidine rings is 1. The normalized spacial score (nSPS) is 21.3. The fraction of sp³-hybridized carbons (Fsp3) is 0.455. The lowest BCUT2D eigenvalue weighted by atomic mass is 9.96. The van der Waals surface area contributed by atoms with Crippen LogP contribution >= 0.6 is 0 Å². The first-order valence-electron chi connectivity index (χ1n) is 10.4. The summed E-state index contributed by atoms with van der Waals surface area (Å²) in [5.74, 6) is -0.724. The maximum Gasteiger partial charge on any atom is 0.274 e. The van der Waals surface area contributed by atoms with Crippen molar-refractivity contribution in [1.82, 2.24) is 24.9 Å². The van der Waals surface area contributed by atoms with Crippen LogP contribution in [-0.2, 0) is 17.9 Å². The van der Waals surface area contributed by atoms with E-state index in [4.69, 9.17) is 0 Å². The molecule has 1 N–H and O–H groups in total. The second-order valence-electron chi connectivity index (χ2n) is 8.23. The van der Waals surface area contributed by atoms with E-state index >= 15 is 0 Å². The van der Waals surface area contributed by atoms with E-state index in [1.807, 2.05) is 30.3 Å². The molecular weight excluding hydrogens is 382 g/mol. The monoisotopic (exact) mass is 409 g/mol. The number of benzene rings is 1. The van der Waals surface area contributed by atoms with Crippen LogP contribution in [0.3, 0.4) is 0 Å². The summed E-state index contributed by atoms with van der Waals surface area (Å²) in [5, 5.41) is 7.33. The summed E-state index contributed by atoms with van der Waals surface area (Å²) in [4.78, 5) is 42.0. The summed E-state index contributed by atoms with van der Waals surface area (Å²) in [6.07, 6.45) is 3.10. The molecule has 1 aromatic carbocycles. The summed E-state index contributed by atoms with van der Waals surface area (Å²) in [7, 11) is 1.62. The highest BCUT2D eigenvalue weighted by molar-refractivity contribution is 6.01. The molecule has 0 unspecified atom stereocenters. The highest BCUT2D eigenvalue weighted by Crippen LogP contribution is 2.26. The average Bonchev–Trinajstić information content (AvgIpc) is 3.20. The maximum absolute atomic E-state index is 13.0. The molecule has 30 heavy (non-hydrogen) atoms. The van der Waals surface area contributed by atoms with Gasteiger partial charge < -0.3 is 15.1 Å². The van der Waals surface area contributed by atoms with Crippen molar-refractivity contribution >= 4 is 17.7 Å². The van der Waals surface area contributed by atoms with Crippen molar-refractivity contribution in [1.29, 1.82) is 0 Å². The molecule has 3 amide bonds. The Morgan fingerprint density at radius 1 is 1.13 bits per heavy atom. The number of aromatic nitrogens is 2. The van der Waals surface area contributed by atoms with Crippen molar-refractivity contribution in [3.63, 3.8) is 0 Å². The third-order valence-electron chi connectivity index (χ3n) is 6.15. The standard InChI is InChI=1S/C22H27N5O3/c1-22(21(30)23-14-16-9-5-3-6-10-16)15-27-18(20(29)25(22)2)13-17(24-27)19(28)26-11-7-4-8-12-26/h3,5-6,9-10,13H,4,7-8,11-12,14-15H2,1-2H3,(H,23,30)/t22-/m0/s1. The minimum atomic E-state index is -1.10. The van der Waals surface area contributed by atoms with Crippen LogP contribution in [0.15, 0.2) is 36.4 Å². The maximum atomic E-state index is 13.0. The van der Waals surface area contributed by atoms with Gasteiger partial charge >= 0.3 is 0 Å². The molecule has 158 valence electrons. The number of hydrogen-bond acceptors (Lipinski definition) is 4. The van der Waals surface area contributed by atoms with Crippen molar-refractivity contribution in [2.45, 2.75) is 44.8 Å². The number of amides is 3. The van der Waals surface area contributed by atoms with Gasteiger partial charge in [0.05, 0.1) is 6.54 Å². The molecule has 1 fully saturated rings. The van der Waals surface area contributed by atoms with Gasteiger partial charge in [-0.2, -0.15) is 5.10 Å². The third kappa shape index (κ3) is 3.58. The molecule has 1 aromatic heterocycles. The summed E-state index contributed by atoms with van der Waals surface area (Å²) in [5.41, 5.74) is 0.485. The van der Waals surface area contributed by atoms with Crippen molar-refractivity contribution < 1.29 is 14.4 Å². The van der Waals surface area contributed by atoms with Gasteiger partial charge in [0.2, 0.25) is 5.91 Å². The SMILES string of the molecule is CN1C(=O)c2cc(C(=O)N3CCCCC3)nn2C[C@@]1(C)C(=O)NCc1ccccc1. The van der Waals surface area contributed by atoms with Gasteiger partial charge in [0, 0.05) is 32.7 Å². The minimum absolute atomic E-state index is 0.151. The zero-order valence-corrected chi connectivity index (χ0v) is 17.4. The van der Waals surface area contributed by atoms with E-state index in [9.17, 15) is 14.4 Å². The van der Waals surface area contributed by atoms with Gasteiger partial charge in [-0.3, -0.25) is 19.1 Å². The van der Waals surface area contributed by atoms with Crippen LogP contribution in [0.5, 0.6) is 0 Å². The molecular formula is C22H27N5O3. The van der Waals surface area contributed by atoms with Crippen molar-refractivity contribution in [3.8, 4) is 0 Å². The van der Waals surface area contributed by atoms with E-state index in [2.05, 4.69) is 10.4 Å². The summed E-state index contributed by atoms with van der Waals surface area (Å²) < 4.78 is 1.50. The van der Waals surface area contributed by atoms with Gasteiger partial charge in [0.15, 0.2) is 5.69 Å². The lowest BCUT2D eigenvalue weighted by Crippen LogP contribution is -2.62. The summed E-state index contributed by atoms with van der Waals surface area (Å²) in [6, 6.07) is 11.2. The topological polar surface area (TPSA) is 87.5 Å². The van der Waals surface area contributed by atoms with E-state index in [0.717, 1.165) is 24.8 Å². The molecule has 8 nitrogen and oxygen atoms in total. The van der Waals surface area contributed by atoms with E-state index < -0.39 is 5.54 Å². The Labute approximate surface area is 175 Å². The number of carbonyl (C=O) groups excluding carboxylic acids is 3. The van der Waals surface area contributed by atoms with E-state index in [-0.39, 0.29) is 30.0 Å². The molecule has 2 aliphatic heterocycles. The Morgan fingerprint density at radius 3 is 2.53 bits per heavy atom. The Balaban J connectivity index is 1.53. The molecule has 8 heteroatoms. The van der Waals surface area contributed by atoms with Gasteiger partial charge in [-0.1, -0.05) is 30.3 Å². The number of rotatable bonds is 4. The Kier molecular flexibility index (Phi) is 5.32. The molecule has 0 aliphatic carbocycles. The lowest BCUT2D eigenvalue weighted by molar-refractivity contribution is -0.132. The summed E-state index contributed by atoms with van der Waals surface area (Å²) >= 11 is 0. The van der Waals surface area contributed by atoms with Crippen molar-refractivity contribution in [2.75, 3.05) is 20.1 Å². The van der Waals surface area contributed by atoms with Gasteiger partial charge in [-0.15, -0.1) is 0 Å². The van der Waals surface area contributed by atoms with Gasteiger partial charge in [-0.05, 0) is 31.7 Å². The molecule has 1 saturated heterocycles. The van der Waals surface area contributed by atoms with Gasteiger partial charge in [-0.25, -0.2) is 0 Å². The molecule has 0 bridgehead atoms. The number of hydrogen-bond donors (Lipinski definition) is 1. The number of carbonyl (C=O) groups is 3. The highest BCUT2D eigenvalue weighted by Gasteiger charge is 2.46. The first-order valence-corrected chi connectivity index (χ1v) is 10.4. The molecule has 4 rings (SSSR count). The number of nitrogens with one attached hydrogen (secondary N) is 1. The van der Waals surface area contributed by atoms with E-state index in [1.54, 1.807) is 24.9 Å². The Bertz CT molecular complexity index is 964. The van der Waals surface area contributed by atoms with Crippen LogP contribution in [0.2, 0.25) is 0 Å². The third-order valence-corrected chi connectivity index (χ3v) is 6.15. The number of likely N-dealkylation sites (N-methyl/N-ethyl adjacent to an activating group) is 1. The van der Waals surface area contributed by atoms with E-state index in [1.165, 1.54) is 9.58 Å². The molecule has 3 heterocycles. The van der Waals surface area contributed by atoms with Crippen LogP contribution in [0.1, 0.15) is 52.7 Å². The van der Waals surface area contributed by atoms with Crippen LogP contribution in [0.4, 0.5) is 0 Å². The second kappa shape index (κ2) is 7.93. The van der Waals surface area contributed by atoms with Crippen LogP contribution in [0, 0.1) is 0 Å². The summed E-state index contributed by atoms with van der Waals surface area (Å²) in [6.45, 7) is 3.73. The lowest BCUT2D eigenvalue weighted by Gasteiger charge is -2.40. The van der Waals surface area contributed by atoms with Crippen molar-refractivity contribution in [2.24, 2.45) is 0 Å². The molecule has 1 atom stereocenters. The first-order chi connectivity index (χ1) is 14.4. The predicted molar refractivity (Wildman–Crippen MR) is 111 cm³/mol. The predicted octanol–water partition coefficient (Wildman–Crippen LogP) is 1.67. The molecule has 2 aromatic rings. The number of likely N-dealkylation sites (tertiary alicyclic amines) is 1.